The first kappa shape index (κ1) is 14.7. The maximum absolute atomic E-state index is 12.9. The van der Waals surface area contributed by atoms with Gasteiger partial charge in [0.1, 0.15) is 0 Å². The number of nitrogens with zero attached hydrogens (tertiary/aromatic N) is 2. The molecule has 1 amide bonds. The normalized spacial score (nSPS) is 39.5. The number of allylic oxidation sites excluding steroid dienone is 1. The van der Waals surface area contributed by atoms with Gasteiger partial charge in [0.25, 0.3) is 0 Å². The molecule has 2 bridgehead atoms. The van der Waals surface area contributed by atoms with Gasteiger partial charge in [-0.25, -0.2) is 0 Å². The summed E-state index contributed by atoms with van der Waals surface area (Å²) in [7, 11) is 0. The molecule has 1 aliphatic carbocycles. The topological polar surface area (TPSA) is 23.6 Å². The van der Waals surface area contributed by atoms with E-state index >= 15 is 0 Å². The van der Waals surface area contributed by atoms with E-state index in [1.807, 2.05) is 0 Å². The minimum atomic E-state index is 0.120. The summed E-state index contributed by atoms with van der Waals surface area (Å²) in [4.78, 5) is 17.8. The van der Waals surface area contributed by atoms with Crippen LogP contribution in [0, 0.1) is 5.92 Å². The smallest absolute Gasteiger partial charge is 0.231 e. The Morgan fingerprint density at radius 3 is 3.08 bits per heavy atom. The summed E-state index contributed by atoms with van der Waals surface area (Å²) in [5.74, 6) is 0.808. The van der Waals surface area contributed by atoms with E-state index in [4.69, 9.17) is 0 Å². The molecule has 4 aliphatic heterocycles. The standard InChI is InChI=1S/C21H21BrN2O/c22-9-7-13-12-23-10-8-21-16-3-1-2-4-17(16)24-19(25)6-5-14(20(21)24)15(13)11-18(21)23/h1-5,7,15,18,20H,6,8-12H2/b13-7+/t15-,18+,20+,21-/m0/s1. The van der Waals surface area contributed by atoms with Gasteiger partial charge in [-0.3, -0.25) is 9.69 Å². The Labute approximate surface area is 156 Å². The summed E-state index contributed by atoms with van der Waals surface area (Å²) >= 11 is 3.60. The molecule has 1 aromatic rings. The third-order valence-corrected chi connectivity index (χ3v) is 7.71. The van der Waals surface area contributed by atoms with Crippen LogP contribution in [0.3, 0.4) is 0 Å². The van der Waals surface area contributed by atoms with Gasteiger partial charge < -0.3 is 4.90 Å². The number of alkyl halides is 1. The van der Waals surface area contributed by atoms with Gasteiger partial charge >= 0.3 is 0 Å². The number of halogens is 1. The lowest BCUT2D eigenvalue weighted by Crippen LogP contribution is -2.62. The number of hydrogen-bond acceptors (Lipinski definition) is 2. The van der Waals surface area contributed by atoms with Crippen molar-refractivity contribution in [1.82, 2.24) is 4.90 Å². The number of benzene rings is 1. The molecule has 4 heterocycles. The van der Waals surface area contributed by atoms with Crippen LogP contribution in [0.4, 0.5) is 5.69 Å². The van der Waals surface area contributed by atoms with Crippen LogP contribution in [0.15, 0.2) is 47.6 Å². The van der Waals surface area contributed by atoms with Crippen LogP contribution in [-0.4, -0.2) is 41.3 Å². The number of amides is 1. The molecule has 1 saturated carbocycles. The molecule has 6 rings (SSSR count). The molecule has 4 atom stereocenters. The minimum Gasteiger partial charge on any atom is -0.304 e. The second-order valence-electron chi connectivity index (χ2n) is 8.09. The molecule has 1 spiro atoms. The predicted octanol–water partition coefficient (Wildman–Crippen LogP) is 3.40. The lowest BCUT2D eigenvalue weighted by molar-refractivity contribution is -0.118. The number of rotatable bonds is 1. The molecule has 2 saturated heterocycles. The maximum atomic E-state index is 12.9. The van der Waals surface area contributed by atoms with Crippen molar-refractivity contribution in [2.45, 2.75) is 36.8 Å². The maximum Gasteiger partial charge on any atom is 0.231 e. The molecule has 0 aromatic heterocycles. The number of fused-ring (bicyclic) bond motifs is 4. The zero-order valence-corrected chi connectivity index (χ0v) is 15.7. The summed E-state index contributed by atoms with van der Waals surface area (Å²) < 4.78 is 0. The van der Waals surface area contributed by atoms with Crippen molar-refractivity contribution >= 4 is 27.5 Å². The fraction of sp³-hybridized carbons (Fsp3) is 0.476. The van der Waals surface area contributed by atoms with Crippen molar-refractivity contribution in [1.29, 1.82) is 0 Å². The molecular weight excluding hydrogens is 376 g/mol. The molecular formula is C21H21BrN2O. The summed E-state index contributed by atoms with van der Waals surface area (Å²) in [5.41, 5.74) is 5.82. The average Bonchev–Trinajstić information content (AvgIpc) is 3.17. The van der Waals surface area contributed by atoms with Crippen LogP contribution in [0.2, 0.25) is 0 Å². The first-order chi connectivity index (χ1) is 12.3. The molecule has 4 heteroatoms. The first-order valence-electron chi connectivity index (χ1n) is 9.36. The largest absolute Gasteiger partial charge is 0.304 e. The van der Waals surface area contributed by atoms with E-state index < -0.39 is 0 Å². The van der Waals surface area contributed by atoms with Crippen molar-refractivity contribution < 1.29 is 4.79 Å². The van der Waals surface area contributed by atoms with Gasteiger partial charge in [-0.15, -0.1) is 0 Å². The highest BCUT2D eigenvalue weighted by Crippen LogP contribution is 2.63. The Hall–Kier alpha value is -1.39. The monoisotopic (exact) mass is 396 g/mol. The highest BCUT2D eigenvalue weighted by molar-refractivity contribution is 9.09. The van der Waals surface area contributed by atoms with E-state index in [1.54, 1.807) is 5.57 Å². The van der Waals surface area contributed by atoms with Crippen molar-refractivity contribution in [3.63, 3.8) is 0 Å². The SMILES string of the molecule is O=C1CC=C2[C@H]3C[C@H]4N(CC[C@]45c4ccccc4N1[C@H]25)C/C3=C\CBr. The van der Waals surface area contributed by atoms with Crippen molar-refractivity contribution in [2.24, 2.45) is 5.92 Å². The molecule has 5 aliphatic rings. The van der Waals surface area contributed by atoms with Crippen LogP contribution >= 0.6 is 15.9 Å². The summed E-state index contributed by atoms with van der Waals surface area (Å²) in [6, 6.07) is 9.54. The highest BCUT2D eigenvalue weighted by atomic mass is 79.9. The number of piperidine rings is 1. The van der Waals surface area contributed by atoms with Crippen LogP contribution in [-0.2, 0) is 10.2 Å². The fourth-order valence-corrected chi connectivity index (χ4v) is 7.02. The van der Waals surface area contributed by atoms with Crippen LogP contribution in [0.25, 0.3) is 0 Å². The van der Waals surface area contributed by atoms with E-state index in [1.165, 1.54) is 29.7 Å². The quantitative estimate of drug-likeness (QED) is 0.536. The van der Waals surface area contributed by atoms with Gasteiger partial charge in [0.2, 0.25) is 5.91 Å². The zero-order valence-electron chi connectivity index (χ0n) is 14.1. The minimum absolute atomic E-state index is 0.120. The van der Waals surface area contributed by atoms with Crippen LogP contribution < -0.4 is 4.90 Å². The molecule has 3 fully saturated rings. The predicted molar refractivity (Wildman–Crippen MR) is 102 cm³/mol. The number of hydrogen-bond donors (Lipinski definition) is 0. The van der Waals surface area contributed by atoms with E-state index in [2.05, 4.69) is 62.1 Å². The lowest BCUT2D eigenvalue weighted by Gasteiger charge is -2.54. The summed E-state index contributed by atoms with van der Waals surface area (Å²) in [5, 5.41) is 0.920. The third kappa shape index (κ3) is 1.59. The average molecular weight is 397 g/mol. The van der Waals surface area contributed by atoms with Gasteiger partial charge in [0.05, 0.1) is 6.04 Å². The molecule has 25 heavy (non-hydrogen) atoms. The van der Waals surface area contributed by atoms with E-state index in [9.17, 15) is 4.79 Å². The van der Waals surface area contributed by atoms with E-state index in [0.29, 0.717) is 18.4 Å². The molecule has 3 nitrogen and oxygen atoms in total. The zero-order chi connectivity index (χ0) is 16.8. The van der Waals surface area contributed by atoms with Gasteiger partial charge in [-0.2, -0.15) is 0 Å². The van der Waals surface area contributed by atoms with Crippen molar-refractivity contribution in [3.05, 3.63) is 53.1 Å². The van der Waals surface area contributed by atoms with Gasteiger partial charge in [-0.05, 0) is 36.6 Å². The first-order valence-corrected chi connectivity index (χ1v) is 10.5. The fourth-order valence-electron chi connectivity index (χ4n) is 6.60. The third-order valence-electron chi connectivity index (χ3n) is 7.39. The number of para-hydroxylation sites is 1. The molecule has 0 unspecified atom stereocenters. The van der Waals surface area contributed by atoms with E-state index in [0.717, 1.165) is 18.4 Å². The van der Waals surface area contributed by atoms with E-state index in [-0.39, 0.29) is 17.4 Å². The summed E-state index contributed by atoms with van der Waals surface area (Å²) in [6.45, 7) is 2.25. The van der Waals surface area contributed by atoms with Crippen molar-refractivity contribution in [2.75, 3.05) is 23.3 Å². The highest BCUT2D eigenvalue weighted by Gasteiger charge is 2.67. The lowest BCUT2D eigenvalue weighted by atomic mass is 9.57. The molecule has 0 radical (unpaired) electrons. The van der Waals surface area contributed by atoms with Gasteiger partial charge in [0.15, 0.2) is 0 Å². The Kier molecular flexibility index (Phi) is 2.87. The Bertz CT molecular complexity index is 859. The van der Waals surface area contributed by atoms with Crippen LogP contribution in [0.1, 0.15) is 24.8 Å². The Morgan fingerprint density at radius 1 is 1.32 bits per heavy atom. The number of anilines is 1. The van der Waals surface area contributed by atoms with Gasteiger partial charge in [0, 0.05) is 41.4 Å². The second kappa shape index (κ2) is 4.86. The molecule has 0 N–H and O–H groups in total. The molecule has 128 valence electrons. The number of carbonyl (C=O) groups is 1. The summed E-state index contributed by atoms with van der Waals surface area (Å²) in [6.07, 6.45) is 7.61. The van der Waals surface area contributed by atoms with Gasteiger partial charge in [-0.1, -0.05) is 51.9 Å². The Morgan fingerprint density at radius 2 is 2.20 bits per heavy atom. The molecule has 1 aromatic carbocycles. The van der Waals surface area contributed by atoms with Crippen molar-refractivity contribution in [3.8, 4) is 0 Å². The number of carbonyl (C=O) groups excluding carboxylic acids is 1. The Balaban J connectivity index is 1.64. The van der Waals surface area contributed by atoms with Crippen LogP contribution in [0.5, 0.6) is 0 Å². The second-order valence-corrected chi connectivity index (χ2v) is 8.74.